The summed E-state index contributed by atoms with van der Waals surface area (Å²) >= 11 is 0. The number of benzene rings is 3. The molecule has 7 heteroatoms. The lowest BCUT2D eigenvalue weighted by atomic mass is 9.83. The molecule has 1 heterocycles. The van der Waals surface area contributed by atoms with Gasteiger partial charge in [0.1, 0.15) is 11.6 Å². The molecule has 1 fully saturated rings. The summed E-state index contributed by atoms with van der Waals surface area (Å²) in [6, 6.07) is 19.6. The molecule has 3 aromatic carbocycles. The van der Waals surface area contributed by atoms with Crippen LogP contribution in [0.5, 0.6) is 0 Å². The highest BCUT2D eigenvalue weighted by atomic mass is 19.1. The predicted octanol–water partition coefficient (Wildman–Crippen LogP) is 3.84. The molecule has 1 saturated heterocycles. The van der Waals surface area contributed by atoms with Gasteiger partial charge in [0.25, 0.3) is 5.91 Å². The summed E-state index contributed by atoms with van der Waals surface area (Å²) in [7, 11) is 0. The van der Waals surface area contributed by atoms with Gasteiger partial charge >= 0.3 is 6.03 Å². The zero-order chi connectivity index (χ0) is 22.0. The van der Waals surface area contributed by atoms with Crippen molar-refractivity contribution in [2.24, 2.45) is 0 Å². The average Bonchev–Trinajstić information content (AvgIpc) is 3.01. The highest BCUT2D eigenvalue weighted by molar-refractivity contribution is 6.11. The van der Waals surface area contributed by atoms with Gasteiger partial charge in [-0.25, -0.2) is 13.6 Å². The van der Waals surface area contributed by atoms with Crippen molar-refractivity contribution in [2.45, 2.75) is 12.0 Å². The number of hydrogen-bond donors (Lipinski definition) is 1. The molecule has 3 aromatic rings. The smallest absolute Gasteiger partial charge is 0.319 e. The molecule has 5 nitrogen and oxygen atoms in total. The van der Waals surface area contributed by atoms with Crippen LogP contribution in [0.2, 0.25) is 0 Å². The van der Waals surface area contributed by atoms with E-state index in [0.717, 1.165) is 28.7 Å². The molecule has 0 spiro atoms. The molecular formula is C24H18F2N2O3. The van der Waals surface area contributed by atoms with E-state index in [9.17, 15) is 23.2 Å². The van der Waals surface area contributed by atoms with Gasteiger partial charge in [-0.2, -0.15) is 0 Å². The second kappa shape index (κ2) is 8.10. The second-order valence-corrected chi connectivity index (χ2v) is 7.30. The largest absolute Gasteiger partial charge is 0.325 e. The highest BCUT2D eigenvalue weighted by Gasteiger charge is 2.52. The van der Waals surface area contributed by atoms with Gasteiger partial charge < -0.3 is 5.32 Å². The number of rotatable bonds is 6. The average molecular weight is 420 g/mol. The van der Waals surface area contributed by atoms with Gasteiger partial charge in [-0.3, -0.25) is 14.5 Å². The van der Waals surface area contributed by atoms with Crippen molar-refractivity contribution in [1.82, 2.24) is 10.2 Å². The standard InChI is InChI=1S/C24H18F2N2O3/c25-18-11-12-20(26)19(13-18)21(29)15-28-22(30)24(27-23(28)31,17-9-5-2-6-10-17)14-16-7-3-1-4-8-16/h1-13H,14-15H2,(H,27,31)/t24-/m1/s1. The molecule has 1 atom stereocenters. The first kappa shape index (κ1) is 20.4. The number of halogens is 2. The Kier molecular flexibility index (Phi) is 5.33. The Hall–Kier alpha value is -3.87. The van der Waals surface area contributed by atoms with Crippen LogP contribution in [0, 0.1) is 11.6 Å². The summed E-state index contributed by atoms with van der Waals surface area (Å²) in [6.45, 7) is -0.700. The number of Topliss-reactive ketones (excluding diaryl/α,β-unsaturated/α-hetero) is 1. The molecule has 0 saturated carbocycles. The lowest BCUT2D eigenvalue weighted by molar-refractivity contribution is -0.131. The number of carbonyl (C=O) groups excluding carboxylic acids is 3. The summed E-state index contributed by atoms with van der Waals surface area (Å²) in [4.78, 5) is 39.6. The summed E-state index contributed by atoms with van der Waals surface area (Å²) in [5.41, 5.74) is -0.560. The lowest BCUT2D eigenvalue weighted by Crippen LogP contribution is -2.46. The van der Waals surface area contributed by atoms with E-state index in [1.165, 1.54) is 0 Å². The fourth-order valence-electron chi connectivity index (χ4n) is 3.75. The Morgan fingerprint density at radius 1 is 0.903 bits per heavy atom. The van der Waals surface area contributed by atoms with Gasteiger partial charge in [-0.05, 0) is 29.3 Å². The highest BCUT2D eigenvalue weighted by Crippen LogP contribution is 2.33. The molecule has 156 valence electrons. The molecule has 0 radical (unpaired) electrons. The third kappa shape index (κ3) is 3.82. The molecule has 1 N–H and O–H groups in total. The van der Waals surface area contributed by atoms with Crippen molar-refractivity contribution >= 4 is 17.7 Å². The van der Waals surface area contributed by atoms with E-state index in [0.29, 0.717) is 5.56 Å². The lowest BCUT2D eigenvalue weighted by Gasteiger charge is -2.27. The quantitative estimate of drug-likeness (QED) is 0.487. The van der Waals surface area contributed by atoms with Crippen molar-refractivity contribution in [1.29, 1.82) is 0 Å². The maximum atomic E-state index is 14.0. The minimum Gasteiger partial charge on any atom is -0.319 e. The third-order valence-electron chi connectivity index (χ3n) is 5.28. The van der Waals surface area contributed by atoms with Crippen molar-refractivity contribution in [3.63, 3.8) is 0 Å². The topological polar surface area (TPSA) is 66.5 Å². The molecule has 0 aromatic heterocycles. The van der Waals surface area contributed by atoms with Gasteiger partial charge in [0, 0.05) is 6.42 Å². The van der Waals surface area contributed by atoms with Crippen LogP contribution in [-0.2, 0) is 16.8 Å². The summed E-state index contributed by atoms with van der Waals surface area (Å²) < 4.78 is 27.5. The second-order valence-electron chi connectivity index (χ2n) is 7.30. The molecule has 4 rings (SSSR count). The van der Waals surface area contributed by atoms with Crippen molar-refractivity contribution in [2.75, 3.05) is 6.54 Å². The third-order valence-corrected chi connectivity index (χ3v) is 5.28. The molecule has 0 bridgehead atoms. The van der Waals surface area contributed by atoms with Crippen LogP contribution in [0.15, 0.2) is 78.9 Å². The number of urea groups is 1. The van der Waals surface area contributed by atoms with E-state index in [4.69, 9.17) is 0 Å². The van der Waals surface area contributed by atoms with Gasteiger partial charge in [-0.1, -0.05) is 60.7 Å². The van der Waals surface area contributed by atoms with Crippen LogP contribution in [0.1, 0.15) is 21.5 Å². The summed E-state index contributed by atoms with van der Waals surface area (Å²) in [5.74, 6) is -3.21. The maximum absolute atomic E-state index is 14.0. The minimum atomic E-state index is -1.42. The number of hydrogen-bond acceptors (Lipinski definition) is 3. The molecule has 1 aliphatic rings. The van der Waals surface area contributed by atoms with Gasteiger partial charge in [0.2, 0.25) is 0 Å². The van der Waals surface area contributed by atoms with E-state index in [2.05, 4.69) is 5.32 Å². The predicted molar refractivity (Wildman–Crippen MR) is 109 cm³/mol. The van der Waals surface area contributed by atoms with Crippen LogP contribution in [0.4, 0.5) is 13.6 Å². The van der Waals surface area contributed by atoms with Crippen LogP contribution >= 0.6 is 0 Å². The van der Waals surface area contributed by atoms with Crippen LogP contribution in [0.25, 0.3) is 0 Å². The van der Waals surface area contributed by atoms with E-state index < -0.39 is 47.0 Å². The zero-order valence-corrected chi connectivity index (χ0v) is 16.3. The molecule has 0 aliphatic carbocycles. The SMILES string of the molecule is O=C(CN1C(=O)N[C@](Cc2ccccc2)(c2ccccc2)C1=O)c1cc(F)ccc1F. The molecule has 3 amide bonds. The summed E-state index contributed by atoms with van der Waals surface area (Å²) in [5, 5.41) is 2.73. The molecule has 0 unspecified atom stereocenters. The Bertz CT molecular complexity index is 1150. The first-order valence-electron chi connectivity index (χ1n) is 9.62. The van der Waals surface area contributed by atoms with Crippen LogP contribution < -0.4 is 5.32 Å². The van der Waals surface area contributed by atoms with E-state index in [-0.39, 0.29) is 6.42 Å². The van der Waals surface area contributed by atoms with Gasteiger partial charge in [0.15, 0.2) is 11.3 Å². The van der Waals surface area contributed by atoms with Crippen molar-refractivity contribution < 1.29 is 23.2 Å². The Labute approximate surface area is 177 Å². The number of imide groups is 1. The molecule has 1 aliphatic heterocycles. The Morgan fingerprint density at radius 3 is 2.23 bits per heavy atom. The maximum Gasteiger partial charge on any atom is 0.325 e. The first-order chi connectivity index (χ1) is 14.9. The zero-order valence-electron chi connectivity index (χ0n) is 16.3. The summed E-state index contributed by atoms with van der Waals surface area (Å²) in [6.07, 6.45) is 0.168. The van der Waals surface area contributed by atoms with Crippen LogP contribution in [-0.4, -0.2) is 29.2 Å². The fourth-order valence-corrected chi connectivity index (χ4v) is 3.75. The number of nitrogens with one attached hydrogen (secondary N) is 1. The number of amides is 3. The molecular weight excluding hydrogens is 402 g/mol. The van der Waals surface area contributed by atoms with Crippen molar-refractivity contribution in [3.8, 4) is 0 Å². The van der Waals surface area contributed by atoms with E-state index in [1.807, 2.05) is 30.3 Å². The number of nitrogens with zero attached hydrogens (tertiary/aromatic N) is 1. The molecule has 31 heavy (non-hydrogen) atoms. The normalized spacial score (nSPS) is 18.2. The minimum absolute atomic E-state index is 0.168. The number of ketones is 1. The van der Waals surface area contributed by atoms with E-state index >= 15 is 0 Å². The first-order valence-corrected chi connectivity index (χ1v) is 9.62. The Morgan fingerprint density at radius 2 is 1.55 bits per heavy atom. The van der Waals surface area contributed by atoms with Gasteiger partial charge in [-0.15, -0.1) is 0 Å². The van der Waals surface area contributed by atoms with Gasteiger partial charge in [0.05, 0.1) is 12.1 Å². The van der Waals surface area contributed by atoms with Crippen molar-refractivity contribution in [3.05, 3.63) is 107 Å². The van der Waals surface area contributed by atoms with Crippen LogP contribution in [0.3, 0.4) is 0 Å². The number of carbonyl (C=O) groups is 3. The van der Waals surface area contributed by atoms with E-state index in [1.54, 1.807) is 30.3 Å². The Balaban J connectivity index is 1.69. The fraction of sp³-hybridized carbons (Fsp3) is 0.125. The monoisotopic (exact) mass is 420 g/mol.